The minimum absolute atomic E-state index is 0.118. The van der Waals surface area contributed by atoms with E-state index in [1.54, 1.807) is 25.2 Å². The van der Waals surface area contributed by atoms with Crippen molar-refractivity contribution in [2.45, 2.75) is 19.4 Å². The molecule has 1 N–H and O–H groups in total. The molecule has 8 heteroatoms. The van der Waals surface area contributed by atoms with Gasteiger partial charge in [-0.2, -0.15) is 0 Å². The highest BCUT2D eigenvalue weighted by Gasteiger charge is 2.24. The summed E-state index contributed by atoms with van der Waals surface area (Å²) in [6.45, 7) is 2.23. The van der Waals surface area contributed by atoms with Crippen LogP contribution in [0.5, 0.6) is 0 Å². The minimum atomic E-state index is -2.64. The molecule has 1 aliphatic heterocycles. The lowest BCUT2D eigenvalue weighted by molar-refractivity contribution is 0.602. The molecule has 2 heterocycles. The lowest BCUT2D eigenvalue weighted by atomic mass is 9.90. The van der Waals surface area contributed by atoms with Crippen molar-refractivity contribution in [3.05, 3.63) is 93.2 Å². The Labute approximate surface area is 181 Å². The number of thiol groups is 1. The second kappa shape index (κ2) is 8.56. The van der Waals surface area contributed by atoms with Crippen LogP contribution < -0.4 is 10.3 Å². The Morgan fingerprint density at radius 2 is 1.81 bits per heavy atom. The van der Waals surface area contributed by atoms with E-state index in [2.05, 4.69) is 4.72 Å². The molecule has 0 bridgehead atoms. The highest BCUT2D eigenvalue weighted by Crippen LogP contribution is 2.37. The van der Waals surface area contributed by atoms with Gasteiger partial charge in [-0.3, -0.25) is 9.79 Å². The predicted molar refractivity (Wildman–Crippen MR) is 120 cm³/mol. The highest BCUT2D eigenvalue weighted by molar-refractivity contribution is 7.70. The van der Waals surface area contributed by atoms with Gasteiger partial charge in [0.2, 0.25) is 10.9 Å². The van der Waals surface area contributed by atoms with Gasteiger partial charge in [-0.1, -0.05) is 18.2 Å². The Bertz CT molecular complexity index is 1300. The lowest BCUT2D eigenvalue weighted by Gasteiger charge is -2.15. The molecule has 1 aliphatic rings. The van der Waals surface area contributed by atoms with Crippen molar-refractivity contribution in [2.75, 3.05) is 6.54 Å². The van der Waals surface area contributed by atoms with E-state index in [0.29, 0.717) is 13.0 Å². The van der Waals surface area contributed by atoms with Crippen molar-refractivity contribution >= 4 is 16.6 Å². The molecule has 0 unspecified atom stereocenters. The number of aryl methyl sites for hydroxylation is 1. The summed E-state index contributed by atoms with van der Waals surface area (Å²) >= 11 is 0. The van der Waals surface area contributed by atoms with Gasteiger partial charge >= 0.3 is 0 Å². The SMILES string of the molecule is C[C@@H]1N=C(c2ccc(F)cc2)c2ccc(CCN[SH](=O)=O)cc2-c2cn(C)c(=O)cc21. The van der Waals surface area contributed by atoms with Crippen LogP contribution in [-0.4, -0.2) is 25.2 Å². The Kier molecular flexibility index (Phi) is 5.84. The molecule has 1 aromatic heterocycles. The number of rotatable bonds is 5. The van der Waals surface area contributed by atoms with E-state index < -0.39 is 10.9 Å². The van der Waals surface area contributed by atoms with Crippen LogP contribution in [0.25, 0.3) is 11.1 Å². The third kappa shape index (κ3) is 4.35. The molecule has 31 heavy (non-hydrogen) atoms. The summed E-state index contributed by atoms with van der Waals surface area (Å²) in [5.41, 5.74) is 5.84. The number of aromatic nitrogens is 1. The number of halogens is 1. The van der Waals surface area contributed by atoms with Crippen molar-refractivity contribution in [1.82, 2.24) is 9.29 Å². The Hall–Kier alpha value is -3.10. The van der Waals surface area contributed by atoms with Gasteiger partial charge in [0.05, 0.1) is 11.8 Å². The van der Waals surface area contributed by atoms with Gasteiger partial charge < -0.3 is 4.57 Å². The summed E-state index contributed by atoms with van der Waals surface area (Å²) in [7, 11) is -0.938. The molecule has 2 aromatic carbocycles. The van der Waals surface area contributed by atoms with Gasteiger partial charge in [-0.05, 0) is 54.3 Å². The van der Waals surface area contributed by atoms with Gasteiger partial charge in [0.15, 0.2) is 0 Å². The monoisotopic (exact) mass is 439 g/mol. The summed E-state index contributed by atoms with van der Waals surface area (Å²) in [5, 5.41) is 0. The molecule has 160 valence electrons. The first-order valence-electron chi connectivity index (χ1n) is 9.89. The fourth-order valence-corrected chi connectivity index (χ4v) is 4.15. The van der Waals surface area contributed by atoms with E-state index in [4.69, 9.17) is 4.99 Å². The molecule has 0 radical (unpaired) electrons. The first-order chi connectivity index (χ1) is 14.8. The van der Waals surface area contributed by atoms with Gasteiger partial charge in [0.25, 0.3) is 5.56 Å². The van der Waals surface area contributed by atoms with Crippen molar-refractivity contribution in [3.8, 4) is 11.1 Å². The van der Waals surface area contributed by atoms with E-state index >= 15 is 0 Å². The third-order valence-corrected chi connectivity index (χ3v) is 5.92. The van der Waals surface area contributed by atoms with E-state index in [1.165, 1.54) is 16.7 Å². The number of benzene rings is 2. The van der Waals surface area contributed by atoms with E-state index in [9.17, 15) is 17.6 Å². The molecule has 0 spiro atoms. The van der Waals surface area contributed by atoms with Crippen LogP contribution in [0.15, 0.2) is 64.5 Å². The number of aliphatic imine (C=N–C) groups is 1. The maximum Gasteiger partial charge on any atom is 0.250 e. The normalized spacial score (nSPS) is 15.2. The minimum Gasteiger partial charge on any atom is -0.318 e. The lowest BCUT2D eigenvalue weighted by Crippen LogP contribution is -2.17. The van der Waals surface area contributed by atoms with Crippen molar-refractivity contribution in [3.63, 3.8) is 0 Å². The van der Waals surface area contributed by atoms with E-state index in [0.717, 1.165) is 39.1 Å². The van der Waals surface area contributed by atoms with Crippen LogP contribution in [0.3, 0.4) is 0 Å². The van der Waals surface area contributed by atoms with Crippen LogP contribution in [-0.2, 0) is 24.4 Å². The summed E-state index contributed by atoms with van der Waals surface area (Å²) in [5.74, 6) is -0.322. The Balaban J connectivity index is 1.91. The van der Waals surface area contributed by atoms with Crippen LogP contribution in [0.2, 0.25) is 0 Å². The molecule has 0 fully saturated rings. The number of nitrogens with zero attached hydrogens (tertiary/aromatic N) is 2. The largest absolute Gasteiger partial charge is 0.318 e. The summed E-state index contributed by atoms with van der Waals surface area (Å²) in [6, 6.07) is 13.4. The number of pyridine rings is 1. The van der Waals surface area contributed by atoms with Crippen LogP contribution in [0.4, 0.5) is 4.39 Å². The Morgan fingerprint density at radius 1 is 1.06 bits per heavy atom. The summed E-state index contributed by atoms with van der Waals surface area (Å²) < 4.78 is 39.1. The van der Waals surface area contributed by atoms with Crippen LogP contribution in [0.1, 0.15) is 35.2 Å². The zero-order valence-electron chi connectivity index (χ0n) is 17.1. The molecule has 0 saturated heterocycles. The molecular formula is C23H22FN3O3S. The molecule has 0 saturated carbocycles. The van der Waals surface area contributed by atoms with Gasteiger partial charge in [-0.15, -0.1) is 0 Å². The maximum absolute atomic E-state index is 13.5. The second-order valence-corrected chi connectivity index (χ2v) is 8.38. The second-order valence-electron chi connectivity index (χ2n) is 7.55. The number of hydrogen-bond acceptors (Lipinski definition) is 4. The molecule has 6 nitrogen and oxygen atoms in total. The van der Waals surface area contributed by atoms with Gasteiger partial charge in [0, 0.05) is 42.5 Å². The summed E-state index contributed by atoms with van der Waals surface area (Å²) in [6.07, 6.45) is 2.34. The summed E-state index contributed by atoms with van der Waals surface area (Å²) in [4.78, 5) is 17.2. The fraction of sp³-hybridized carbons (Fsp3) is 0.217. The molecule has 3 aromatic rings. The zero-order valence-corrected chi connectivity index (χ0v) is 18.0. The predicted octanol–water partition coefficient (Wildman–Crippen LogP) is 2.76. The quantitative estimate of drug-likeness (QED) is 0.600. The number of fused-ring (bicyclic) bond motifs is 3. The molecule has 1 atom stereocenters. The number of nitrogens with one attached hydrogen (secondary N) is 1. The number of hydrogen-bond donors (Lipinski definition) is 2. The topological polar surface area (TPSA) is 80.5 Å². The van der Waals surface area contributed by atoms with Crippen LogP contribution in [0, 0.1) is 5.82 Å². The van der Waals surface area contributed by atoms with Crippen LogP contribution >= 0.6 is 0 Å². The van der Waals surface area contributed by atoms with E-state index in [-0.39, 0.29) is 17.4 Å². The molecule has 0 aliphatic carbocycles. The smallest absolute Gasteiger partial charge is 0.250 e. The third-order valence-electron chi connectivity index (χ3n) is 5.43. The standard InChI is InChI=1S/C23H22FN3O3S/c1-14-19-12-22(28)27(2)13-21(19)20-11-15(9-10-25-31(29)30)3-8-18(20)23(26-14)16-4-6-17(24)7-5-16/h3-8,11-14,31H,9-10H2,1-2H3,(H,25,29,30)/t14-/m0/s1. The average molecular weight is 440 g/mol. The fourth-order valence-electron chi connectivity index (χ4n) is 3.85. The average Bonchev–Trinajstić information content (AvgIpc) is 2.84. The molecule has 4 rings (SSSR count). The maximum atomic E-state index is 13.5. The molecule has 0 amide bonds. The van der Waals surface area contributed by atoms with Crippen molar-refractivity contribution in [1.29, 1.82) is 0 Å². The Morgan fingerprint density at radius 3 is 2.52 bits per heavy atom. The van der Waals surface area contributed by atoms with Crippen molar-refractivity contribution < 1.29 is 12.8 Å². The van der Waals surface area contributed by atoms with E-state index in [1.807, 2.05) is 31.3 Å². The first kappa shape index (κ1) is 21.1. The zero-order chi connectivity index (χ0) is 22.1. The van der Waals surface area contributed by atoms with Gasteiger partial charge in [0.1, 0.15) is 5.82 Å². The van der Waals surface area contributed by atoms with Gasteiger partial charge in [-0.25, -0.2) is 17.5 Å². The first-order valence-corrected chi connectivity index (χ1v) is 11.1. The highest BCUT2D eigenvalue weighted by atomic mass is 32.2. The van der Waals surface area contributed by atoms with Crippen molar-refractivity contribution in [2.24, 2.45) is 12.0 Å². The molecular weight excluding hydrogens is 417 g/mol.